The zero-order chi connectivity index (χ0) is 28.3. The molecule has 0 aliphatic carbocycles. The molecule has 0 spiro atoms. The molecule has 0 aliphatic rings. The van der Waals surface area contributed by atoms with Gasteiger partial charge in [-0.25, -0.2) is 25.1 Å². The molecule has 3 aromatic rings. The maximum Gasteiger partial charge on any atom is 0.326 e. The van der Waals surface area contributed by atoms with Gasteiger partial charge in [0.1, 0.15) is 23.7 Å². The Bertz CT molecular complexity index is 1310. The zero-order valence-corrected chi connectivity index (χ0v) is 24.5. The van der Waals surface area contributed by atoms with Crippen LogP contribution >= 0.6 is 19.0 Å². The molecular formula is C25H37ClN7O4P. The topological polar surface area (TPSA) is 146 Å². The third kappa shape index (κ3) is 7.51. The maximum absolute atomic E-state index is 14.4. The summed E-state index contributed by atoms with van der Waals surface area (Å²) < 4.78 is 27.7. The van der Waals surface area contributed by atoms with Crippen molar-refractivity contribution in [2.75, 3.05) is 12.1 Å². The Kier molecular flexibility index (Phi) is 9.21. The van der Waals surface area contributed by atoms with Gasteiger partial charge < -0.3 is 19.8 Å². The Morgan fingerprint density at radius 3 is 2.39 bits per heavy atom. The van der Waals surface area contributed by atoms with Crippen LogP contribution in [0.3, 0.4) is 0 Å². The largest absolute Gasteiger partial charge is 0.462 e. The van der Waals surface area contributed by atoms with Crippen molar-refractivity contribution in [2.24, 2.45) is 0 Å². The van der Waals surface area contributed by atoms with Crippen LogP contribution in [-0.2, 0) is 30.9 Å². The number of hydrogen-bond acceptors (Lipinski definition) is 8. The Hall–Kier alpha value is -2.56. The van der Waals surface area contributed by atoms with Gasteiger partial charge in [0, 0.05) is 10.6 Å². The van der Waals surface area contributed by atoms with Crippen molar-refractivity contribution < 1.29 is 18.8 Å². The molecule has 3 rings (SSSR count). The standard InChI is InChI=1S/C25H37ClN7O4P/c1-16(2)37-23(34)25(6,7)32-38(35,31-24(4,5)18-8-10-19(26)11-9-18)15-36-17(3)12-33-14-30-20-21(27)28-13-29-22(20)33/h8-11,13-14,16-17H,12,15H2,1-7H3,(H2,27,28,29)(H2,31,32,35)/t17-,38-/m1/s1. The highest BCUT2D eigenvalue weighted by molar-refractivity contribution is 7.59. The first-order chi connectivity index (χ1) is 17.6. The summed E-state index contributed by atoms with van der Waals surface area (Å²) in [7, 11) is -3.56. The van der Waals surface area contributed by atoms with E-state index in [9.17, 15) is 9.36 Å². The maximum atomic E-state index is 14.4. The van der Waals surface area contributed by atoms with Crippen LogP contribution in [-0.4, -0.2) is 49.6 Å². The number of nitrogens with two attached hydrogens (primary N) is 1. The molecule has 2 aromatic heterocycles. The summed E-state index contributed by atoms with van der Waals surface area (Å²) in [4.78, 5) is 25.3. The van der Waals surface area contributed by atoms with Crippen molar-refractivity contribution in [3.63, 3.8) is 0 Å². The van der Waals surface area contributed by atoms with Gasteiger partial charge in [-0.1, -0.05) is 23.7 Å². The lowest BCUT2D eigenvalue weighted by Gasteiger charge is -2.37. The fourth-order valence-corrected chi connectivity index (χ4v) is 6.73. The van der Waals surface area contributed by atoms with Crippen molar-refractivity contribution in [3.8, 4) is 0 Å². The second kappa shape index (κ2) is 11.7. The molecule has 0 radical (unpaired) electrons. The smallest absolute Gasteiger partial charge is 0.326 e. The van der Waals surface area contributed by atoms with Gasteiger partial charge in [-0.15, -0.1) is 0 Å². The van der Waals surface area contributed by atoms with E-state index >= 15 is 0 Å². The summed E-state index contributed by atoms with van der Waals surface area (Å²) in [6, 6.07) is 7.26. The van der Waals surface area contributed by atoms with Crippen LogP contribution < -0.4 is 15.9 Å². The zero-order valence-electron chi connectivity index (χ0n) is 22.9. The van der Waals surface area contributed by atoms with Gasteiger partial charge in [0.25, 0.3) is 0 Å². The molecule has 0 aliphatic heterocycles. The third-order valence-corrected chi connectivity index (χ3v) is 8.37. The fourth-order valence-electron chi connectivity index (χ4n) is 3.93. The molecule has 0 bridgehead atoms. The molecule has 38 heavy (non-hydrogen) atoms. The number of nitrogen functional groups attached to an aromatic ring is 1. The normalized spacial score (nSPS) is 15.0. The number of nitrogens with zero attached hydrogens (tertiary/aromatic N) is 4. The number of fused-ring (bicyclic) bond motifs is 1. The number of aromatic nitrogens is 4. The minimum Gasteiger partial charge on any atom is -0.462 e. The third-order valence-electron chi connectivity index (χ3n) is 5.76. The van der Waals surface area contributed by atoms with Crippen LogP contribution in [0.1, 0.15) is 54.0 Å². The summed E-state index contributed by atoms with van der Waals surface area (Å²) in [6.07, 6.45) is 2.08. The predicted molar refractivity (Wildman–Crippen MR) is 149 cm³/mol. The second-order valence-corrected chi connectivity index (χ2v) is 13.2. The van der Waals surface area contributed by atoms with E-state index in [1.54, 1.807) is 50.7 Å². The van der Waals surface area contributed by atoms with E-state index < -0.39 is 24.5 Å². The number of esters is 1. The minimum absolute atomic E-state index is 0.201. The number of halogens is 1. The fraction of sp³-hybridized carbons (Fsp3) is 0.520. The first kappa shape index (κ1) is 30.0. The molecular weight excluding hydrogens is 529 g/mol. The Labute approximate surface area is 228 Å². The average molecular weight is 566 g/mol. The van der Waals surface area contributed by atoms with Crippen molar-refractivity contribution in [1.29, 1.82) is 0 Å². The van der Waals surface area contributed by atoms with E-state index in [2.05, 4.69) is 25.1 Å². The number of hydrogen-bond donors (Lipinski definition) is 3. The summed E-state index contributed by atoms with van der Waals surface area (Å²) in [5, 5.41) is 6.86. The molecule has 4 N–H and O–H groups in total. The van der Waals surface area contributed by atoms with E-state index in [0.29, 0.717) is 28.5 Å². The Morgan fingerprint density at radius 2 is 1.76 bits per heavy atom. The monoisotopic (exact) mass is 565 g/mol. The van der Waals surface area contributed by atoms with Crippen LogP contribution in [0.4, 0.5) is 5.82 Å². The van der Waals surface area contributed by atoms with Gasteiger partial charge in [0.2, 0.25) is 7.44 Å². The molecule has 0 saturated carbocycles. The minimum atomic E-state index is -3.56. The molecule has 0 saturated heterocycles. The molecule has 2 heterocycles. The highest BCUT2D eigenvalue weighted by Gasteiger charge is 2.41. The summed E-state index contributed by atoms with van der Waals surface area (Å²) in [5.74, 6) is -0.228. The van der Waals surface area contributed by atoms with Crippen molar-refractivity contribution in [1.82, 2.24) is 29.7 Å². The highest BCUT2D eigenvalue weighted by Crippen LogP contribution is 2.44. The van der Waals surface area contributed by atoms with Crippen molar-refractivity contribution >= 4 is 42.0 Å². The highest BCUT2D eigenvalue weighted by atomic mass is 35.5. The number of carbonyl (C=O) groups excluding carboxylic acids is 1. The first-order valence-electron chi connectivity index (χ1n) is 12.3. The summed E-state index contributed by atoms with van der Waals surface area (Å²) >= 11 is 6.07. The quantitative estimate of drug-likeness (QED) is 0.212. The van der Waals surface area contributed by atoms with Gasteiger partial charge in [-0.05, 0) is 66.2 Å². The molecule has 208 valence electrons. The molecule has 0 fully saturated rings. The van der Waals surface area contributed by atoms with Gasteiger partial charge in [-0.2, -0.15) is 0 Å². The van der Waals surface area contributed by atoms with E-state index in [1.165, 1.54) is 6.33 Å². The van der Waals surface area contributed by atoms with Crippen LogP contribution in [0.5, 0.6) is 0 Å². The van der Waals surface area contributed by atoms with E-state index in [-0.39, 0.29) is 18.6 Å². The first-order valence-corrected chi connectivity index (χ1v) is 14.6. The Balaban J connectivity index is 1.82. The number of rotatable bonds is 12. The van der Waals surface area contributed by atoms with Gasteiger partial charge >= 0.3 is 5.97 Å². The van der Waals surface area contributed by atoms with Crippen LogP contribution in [0.2, 0.25) is 5.02 Å². The van der Waals surface area contributed by atoms with Crippen molar-refractivity contribution in [3.05, 3.63) is 47.5 Å². The summed E-state index contributed by atoms with van der Waals surface area (Å²) in [5.41, 5.74) is 5.81. The van der Waals surface area contributed by atoms with E-state index in [1.807, 2.05) is 32.9 Å². The molecule has 13 heteroatoms. The number of carbonyl (C=O) groups is 1. The molecule has 1 aromatic carbocycles. The average Bonchev–Trinajstić information content (AvgIpc) is 3.21. The Morgan fingerprint density at radius 1 is 1.11 bits per heavy atom. The van der Waals surface area contributed by atoms with Crippen LogP contribution in [0.15, 0.2) is 36.9 Å². The number of nitrogens with one attached hydrogen (secondary N) is 2. The molecule has 2 atom stereocenters. The molecule has 0 unspecified atom stereocenters. The van der Waals surface area contributed by atoms with Gasteiger partial charge in [0.15, 0.2) is 11.5 Å². The van der Waals surface area contributed by atoms with Crippen LogP contribution in [0, 0.1) is 0 Å². The number of imidazole rings is 1. The van der Waals surface area contributed by atoms with Gasteiger partial charge in [0.05, 0.1) is 25.1 Å². The summed E-state index contributed by atoms with van der Waals surface area (Å²) in [6.45, 7) is 12.8. The number of ether oxygens (including phenoxy) is 2. The van der Waals surface area contributed by atoms with Gasteiger partial charge in [-0.3, -0.25) is 9.36 Å². The SMILES string of the molecule is CC(C)OC(=O)C(C)(C)N[P@@](=O)(CO[C@H](C)Cn1cnc2c(N)ncnc21)NC(C)(C)c1ccc(Cl)cc1. The molecule has 0 amide bonds. The second-order valence-electron chi connectivity index (χ2n) is 10.6. The van der Waals surface area contributed by atoms with E-state index in [4.69, 9.17) is 26.8 Å². The lowest BCUT2D eigenvalue weighted by Crippen LogP contribution is -2.51. The van der Waals surface area contributed by atoms with E-state index in [0.717, 1.165) is 5.56 Å². The predicted octanol–water partition coefficient (Wildman–Crippen LogP) is 4.46. The molecule has 11 nitrogen and oxygen atoms in total. The van der Waals surface area contributed by atoms with Crippen LogP contribution in [0.25, 0.3) is 11.2 Å². The number of benzene rings is 1. The lowest BCUT2D eigenvalue weighted by atomic mass is 9.96. The van der Waals surface area contributed by atoms with Crippen molar-refractivity contribution in [2.45, 2.75) is 78.3 Å². The number of anilines is 1. The lowest BCUT2D eigenvalue weighted by molar-refractivity contribution is -0.153.